The maximum Gasteiger partial charge on any atom is 0.286 e. The molecule has 0 spiro atoms. The average molecular weight is 469 g/mol. The fourth-order valence-electron chi connectivity index (χ4n) is 3.65. The molecule has 2 aromatic heterocycles. The molecule has 0 aliphatic carbocycles. The third kappa shape index (κ3) is 3.51. The average Bonchev–Trinajstić information content (AvgIpc) is 2.77. The zero-order valence-electron chi connectivity index (χ0n) is 16.5. The van der Waals surface area contributed by atoms with Crippen LogP contribution in [0.1, 0.15) is 11.1 Å². The van der Waals surface area contributed by atoms with Gasteiger partial charge in [-0.05, 0) is 42.0 Å². The number of hydrogen-bond donors (Lipinski definition) is 2. The Balaban J connectivity index is 0.00000245. The molecule has 32 heavy (non-hydrogen) atoms. The van der Waals surface area contributed by atoms with Gasteiger partial charge in [-0.1, -0.05) is 24.3 Å². The van der Waals surface area contributed by atoms with Gasteiger partial charge in [-0.2, -0.15) is 8.42 Å². The van der Waals surface area contributed by atoms with Gasteiger partial charge in [-0.15, -0.1) is 16.8 Å². The van der Waals surface area contributed by atoms with Crippen molar-refractivity contribution in [1.82, 2.24) is 9.55 Å². The van der Waals surface area contributed by atoms with Crippen LogP contribution in [0.5, 0.6) is 5.75 Å². The van der Waals surface area contributed by atoms with E-state index in [-0.39, 0.29) is 41.0 Å². The highest BCUT2D eigenvalue weighted by atomic mass is 35.5. The number of pyridine rings is 2. The van der Waals surface area contributed by atoms with E-state index in [0.29, 0.717) is 16.6 Å². The van der Waals surface area contributed by atoms with E-state index in [1.54, 1.807) is 67.0 Å². The summed E-state index contributed by atoms with van der Waals surface area (Å²) in [7, 11) is -4.04. The first-order valence-electron chi connectivity index (χ1n) is 9.40. The van der Waals surface area contributed by atoms with Crippen molar-refractivity contribution in [3.63, 3.8) is 0 Å². The smallest absolute Gasteiger partial charge is 0.286 e. The molecule has 0 fully saturated rings. The number of hydrogen-bond acceptors (Lipinski definition) is 6. The maximum atomic E-state index is 13.5. The standard InChI is InChI=1S/C22H16N4O4S.ClH/c27-20-15-5-1-3-7-17(15)26(13-14-9-11-23-12-10-14)22(28)19(20)21-24-16-6-2-4-8-18(16)31(29,30)25-21;/h1-12,27H,13H2,(H,24,25);1H. The summed E-state index contributed by atoms with van der Waals surface area (Å²) in [6, 6.07) is 16.7. The number of anilines is 1. The number of sulfonamides is 1. The fourth-order valence-corrected chi connectivity index (χ4v) is 4.78. The number of aromatic hydroxyl groups is 1. The van der Waals surface area contributed by atoms with Crippen molar-refractivity contribution in [1.29, 1.82) is 0 Å². The van der Waals surface area contributed by atoms with Crippen LogP contribution < -0.4 is 10.9 Å². The monoisotopic (exact) mass is 468 g/mol. The Hall–Kier alpha value is -3.69. The van der Waals surface area contributed by atoms with Crippen molar-refractivity contribution in [3.05, 3.63) is 94.5 Å². The SMILES string of the molecule is Cl.O=c1c(C2=NS(=O)(=O)c3ccccc3N2)c(O)c2ccccc2n1Cc1ccncc1. The minimum absolute atomic E-state index is 0. The number of benzene rings is 2. The van der Waals surface area contributed by atoms with E-state index >= 15 is 0 Å². The molecular weight excluding hydrogens is 452 g/mol. The Morgan fingerprint density at radius 2 is 1.66 bits per heavy atom. The molecule has 0 amide bonds. The van der Waals surface area contributed by atoms with Crippen LogP contribution in [0.3, 0.4) is 0 Å². The largest absolute Gasteiger partial charge is 0.506 e. The van der Waals surface area contributed by atoms with Crippen LogP contribution in [0.2, 0.25) is 0 Å². The highest BCUT2D eigenvalue weighted by Gasteiger charge is 2.29. The third-order valence-electron chi connectivity index (χ3n) is 5.10. The van der Waals surface area contributed by atoms with Gasteiger partial charge in [0.2, 0.25) is 0 Å². The molecule has 3 heterocycles. The van der Waals surface area contributed by atoms with Crippen molar-refractivity contribution >= 4 is 44.9 Å². The van der Waals surface area contributed by atoms with E-state index in [1.807, 2.05) is 0 Å². The summed E-state index contributed by atoms with van der Waals surface area (Å²) in [5, 5.41) is 14.3. The summed E-state index contributed by atoms with van der Waals surface area (Å²) in [4.78, 5) is 17.5. The summed E-state index contributed by atoms with van der Waals surface area (Å²) in [5.41, 5.74) is 0.875. The predicted molar refractivity (Wildman–Crippen MR) is 124 cm³/mol. The van der Waals surface area contributed by atoms with Gasteiger partial charge in [0.05, 0.1) is 17.7 Å². The van der Waals surface area contributed by atoms with E-state index in [2.05, 4.69) is 14.7 Å². The van der Waals surface area contributed by atoms with Crippen molar-refractivity contribution in [2.24, 2.45) is 4.40 Å². The summed E-state index contributed by atoms with van der Waals surface area (Å²) in [5.74, 6) is -0.539. The first-order valence-corrected chi connectivity index (χ1v) is 10.8. The maximum absolute atomic E-state index is 13.5. The molecule has 1 aliphatic rings. The summed E-state index contributed by atoms with van der Waals surface area (Å²) in [6.07, 6.45) is 3.25. The number of nitrogens with one attached hydrogen (secondary N) is 1. The Morgan fingerprint density at radius 3 is 2.44 bits per heavy atom. The lowest BCUT2D eigenvalue weighted by molar-refractivity contribution is 0.478. The summed E-state index contributed by atoms with van der Waals surface area (Å²) in [6.45, 7) is 0.214. The van der Waals surface area contributed by atoms with Crippen molar-refractivity contribution in [2.45, 2.75) is 11.4 Å². The minimum Gasteiger partial charge on any atom is -0.506 e. The molecule has 4 aromatic rings. The number of aromatic nitrogens is 2. The van der Waals surface area contributed by atoms with Crippen LogP contribution in [0.25, 0.3) is 10.9 Å². The van der Waals surface area contributed by atoms with Crippen molar-refractivity contribution < 1.29 is 13.5 Å². The van der Waals surface area contributed by atoms with Crippen molar-refractivity contribution in [2.75, 3.05) is 5.32 Å². The molecule has 162 valence electrons. The van der Waals surface area contributed by atoms with Gasteiger partial charge in [0.1, 0.15) is 16.2 Å². The van der Waals surface area contributed by atoms with Gasteiger partial charge < -0.3 is 15.0 Å². The van der Waals surface area contributed by atoms with Crippen LogP contribution in [-0.2, 0) is 16.6 Å². The third-order valence-corrected chi connectivity index (χ3v) is 6.44. The van der Waals surface area contributed by atoms with Crippen LogP contribution in [0, 0.1) is 0 Å². The van der Waals surface area contributed by atoms with Crippen LogP contribution in [-0.4, -0.2) is 28.9 Å². The van der Waals surface area contributed by atoms with Gasteiger partial charge in [0, 0.05) is 17.8 Å². The molecule has 0 unspecified atom stereocenters. The molecule has 1 aliphatic heterocycles. The van der Waals surface area contributed by atoms with Crippen LogP contribution in [0.4, 0.5) is 5.69 Å². The number of fused-ring (bicyclic) bond motifs is 2. The lowest BCUT2D eigenvalue weighted by Crippen LogP contribution is -2.33. The number of para-hydroxylation sites is 2. The number of halogens is 1. The van der Waals surface area contributed by atoms with E-state index in [0.717, 1.165) is 5.56 Å². The van der Waals surface area contributed by atoms with Crippen molar-refractivity contribution in [3.8, 4) is 5.75 Å². The molecule has 5 rings (SSSR count). The highest BCUT2D eigenvalue weighted by molar-refractivity contribution is 7.90. The normalized spacial score (nSPS) is 14.1. The lowest BCUT2D eigenvalue weighted by atomic mass is 10.1. The molecule has 2 N–H and O–H groups in total. The van der Waals surface area contributed by atoms with Crippen LogP contribution >= 0.6 is 12.4 Å². The molecule has 0 saturated carbocycles. The van der Waals surface area contributed by atoms with E-state index in [1.165, 1.54) is 10.6 Å². The Bertz CT molecular complexity index is 1530. The number of nitrogens with zero attached hydrogens (tertiary/aromatic N) is 3. The van der Waals surface area contributed by atoms with Gasteiger partial charge in [-0.25, -0.2) is 0 Å². The highest BCUT2D eigenvalue weighted by Crippen LogP contribution is 2.32. The van der Waals surface area contributed by atoms with Crippen LogP contribution in [0.15, 0.2) is 87.1 Å². The lowest BCUT2D eigenvalue weighted by Gasteiger charge is -2.20. The molecule has 10 heteroatoms. The van der Waals surface area contributed by atoms with E-state index < -0.39 is 15.6 Å². The Labute approximate surface area is 189 Å². The summed E-state index contributed by atoms with van der Waals surface area (Å²) >= 11 is 0. The second-order valence-electron chi connectivity index (χ2n) is 7.02. The number of rotatable bonds is 3. The molecule has 0 bridgehead atoms. The first kappa shape index (κ1) is 21.5. The minimum atomic E-state index is -4.04. The second-order valence-corrected chi connectivity index (χ2v) is 8.60. The van der Waals surface area contributed by atoms with Gasteiger partial charge >= 0.3 is 0 Å². The molecular formula is C22H17ClN4O4S. The first-order chi connectivity index (χ1) is 15.0. The number of amidine groups is 1. The Kier molecular flexibility index (Phi) is 5.45. The quantitative estimate of drug-likeness (QED) is 0.477. The molecule has 0 atom stereocenters. The summed E-state index contributed by atoms with van der Waals surface area (Å²) < 4.78 is 30.7. The fraction of sp³-hybridized carbons (Fsp3) is 0.0455. The van der Waals surface area contributed by atoms with E-state index in [9.17, 15) is 18.3 Å². The molecule has 2 aromatic carbocycles. The Morgan fingerprint density at radius 1 is 0.969 bits per heavy atom. The zero-order valence-corrected chi connectivity index (χ0v) is 18.1. The molecule has 0 radical (unpaired) electrons. The van der Waals surface area contributed by atoms with E-state index in [4.69, 9.17) is 0 Å². The van der Waals surface area contributed by atoms with Gasteiger partial charge in [0.25, 0.3) is 15.6 Å². The van der Waals surface area contributed by atoms with Gasteiger partial charge in [-0.3, -0.25) is 9.78 Å². The zero-order chi connectivity index (χ0) is 21.6. The second kappa shape index (κ2) is 8.10. The van der Waals surface area contributed by atoms with Gasteiger partial charge in [0.15, 0.2) is 5.84 Å². The topological polar surface area (TPSA) is 114 Å². The molecule has 0 saturated heterocycles. The molecule has 8 nitrogen and oxygen atoms in total. The predicted octanol–water partition coefficient (Wildman–Crippen LogP) is 3.13.